The lowest BCUT2D eigenvalue weighted by Crippen LogP contribution is -2.39. The molecule has 1 unspecified atom stereocenters. The van der Waals surface area contributed by atoms with Gasteiger partial charge in [0.2, 0.25) is 0 Å². The molecule has 0 bridgehead atoms. The van der Waals surface area contributed by atoms with E-state index >= 15 is 0 Å². The quantitative estimate of drug-likeness (QED) is 0.619. The molecular weight excluding hydrogens is 238 g/mol. The van der Waals surface area contributed by atoms with Crippen molar-refractivity contribution in [2.24, 2.45) is 10.9 Å². The Morgan fingerprint density at radius 2 is 2.37 bits per heavy atom. The number of hydrogen-bond donors (Lipinski definition) is 2. The van der Waals surface area contributed by atoms with Crippen LogP contribution in [-0.4, -0.2) is 49.6 Å². The summed E-state index contributed by atoms with van der Waals surface area (Å²) in [7, 11) is 3.97. The number of aromatic nitrogens is 1. The van der Waals surface area contributed by atoms with Crippen LogP contribution in [0.5, 0.6) is 0 Å². The van der Waals surface area contributed by atoms with Crippen molar-refractivity contribution in [3.8, 4) is 0 Å². The second-order valence-electron chi connectivity index (χ2n) is 5.04. The van der Waals surface area contributed by atoms with Gasteiger partial charge in [0.1, 0.15) is 0 Å². The van der Waals surface area contributed by atoms with E-state index in [0.29, 0.717) is 6.54 Å². The molecule has 1 aromatic rings. The summed E-state index contributed by atoms with van der Waals surface area (Å²) in [5, 5.41) is 6.67. The molecule has 0 amide bonds. The molecule has 1 atom stereocenters. The Labute approximate surface area is 115 Å². The fraction of sp³-hybridized carbons (Fsp3) is 0.571. The maximum atomic E-state index is 4.28. The number of nitrogens with one attached hydrogen (secondary N) is 2. The van der Waals surface area contributed by atoms with Crippen molar-refractivity contribution in [1.29, 1.82) is 0 Å². The third kappa shape index (κ3) is 4.52. The van der Waals surface area contributed by atoms with E-state index in [2.05, 4.69) is 32.6 Å². The van der Waals surface area contributed by atoms with Gasteiger partial charge in [0.05, 0.1) is 12.2 Å². The summed E-state index contributed by atoms with van der Waals surface area (Å²) in [5.41, 5.74) is 1.02. The topological polar surface area (TPSA) is 52.6 Å². The summed E-state index contributed by atoms with van der Waals surface area (Å²) >= 11 is 0. The highest BCUT2D eigenvalue weighted by atomic mass is 15.2. The van der Waals surface area contributed by atoms with Gasteiger partial charge < -0.3 is 15.5 Å². The maximum absolute atomic E-state index is 4.28. The summed E-state index contributed by atoms with van der Waals surface area (Å²) in [6.45, 7) is 4.05. The van der Waals surface area contributed by atoms with Crippen molar-refractivity contribution in [2.75, 3.05) is 33.7 Å². The van der Waals surface area contributed by atoms with Crippen LogP contribution in [0.1, 0.15) is 12.1 Å². The molecule has 0 spiro atoms. The van der Waals surface area contributed by atoms with Crippen LogP contribution in [0.2, 0.25) is 0 Å². The number of nitrogens with zero attached hydrogens (tertiary/aromatic N) is 3. The third-order valence-corrected chi connectivity index (χ3v) is 3.43. The maximum Gasteiger partial charge on any atom is 0.191 e. The molecule has 2 heterocycles. The number of likely N-dealkylation sites (tertiary alicyclic amines) is 1. The second-order valence-corrected chi connectivity index (χ2v) is 5.04. The molecule has 2 N–H and O–H groups in total. The average Bonchev–Trinajstić information content (AvgIpc) is 2.86. The Balaban J connectivity index is 1.72. The Bertz CT molecular complexity index is 404. The zero-order chi connectivity index (χ0) is 13.5. The standard InChI is InChI=1S/C14H23N5/c1-15-14(17-9-12-6-8-19(2)11-12)18-10-13-5-3-4-7-16-13/h3-5,7,12H,6,8-11H2,1-2H3,(H2,15,17,18). The van der Waals surface area contributed by atoms with E-state index in [1.54, 1.807) is 7.05 Å². The first-order chi connectivity index (χ1) is 9.28. The number of hydrogen-bond acceptors (Lipinski definition) is 3. The van der Waals surface area contributed by atoms with Crippen molar-refractivity contribution < 1.29 is 0 Å². The second kappa shape index (κ2) is 7.09. The fourth-order valence-electron chi connectivity index (χ4n) is 2.33. The molecule has 5 heteroatoms. The number of rotatable bonds is 4. The molecule has 5 nitrogen and oxygen atoms in total. The largest absolute Gasteiger partial charge is 0.356 e. The van der Waals surface area contributed by atoms with E-state index in [-0.39, 0.29) is 0 Å². The average molecular weight is 261 g/mol. The van der Waals surface area contributed by atoms with Crippen LogP contribution < -0.4 is 10.6 Å². The van der Waals surface area contributed by atoms with Crippen LogP contribution in [0.25, 0.3) is 0 Å². The highest BCUT2D eigenvalue weighted by Gasteiger charge is 2.19. The van der Waals surface area contributed by atoms with Crippen molar-refractivity contribution in [3.05, 3.63) is 30.1 Å². The van der Waals surface area contributed by atoms with Crippen LogP contribution >= 0.6 is 0 Å². The minimum Gasteiger partial charge on any atom is -0.356 e. The van der Waals surface area contributed by atoms with Gasteiger partial charge in [-0.3, -0.25) is 9.98 Å². The molecule has 19 heavy (non-hydrogen) atoms. The van der Waals surface area contributed by atoms with Crippen molar-refractivity contribution in [2.45, 2.75) is 13.0 Å². The van der Waals surface area contributed by atoms with Crippen LogP contribution in [0.15, 0.2) is 29.4 Å². The van der Waals surface area contributed by atoms with E-state index < -0.39 is 0 Å². The number of guanidine groups is 1. The molecule has 104 valence electrons. The smallest absolute Gasteiger partial charge is 0.191 e. The molecule has 0 aliphatic carbocycles. The molecule has 0 radical (unpaired) electrons. The van der Waals surface area contributed by atoms with Gasteiger partial charge in [0.15, 0.2) is 5.96 Å². The highest BCUT2D eigenvalue weighted by molar-refractivity contribution is 5.79. The lowest BCUT2D eigenvalue weighted by Gasteiger charge is -2.15. The third-order valence-electron chi connectivity index (χ3n) is 3.43. The van der Waals surface area contributed by atoms with E-state index in [4.69, 9.17) is 0 Å². The molecule has 0 saturated carbocycles. The van der Waals surface area contributed by atoms with Crippen molar-refractivity contribution in [1.82, 2.24) is 20.5 Å². The fourth-order valence-corrected chi connectivity index (χ4v) is 2.33. The Morgan fingerprint density at radius 1 is 1.47 bits per heavy atom. The van der Waals surface area contributed by atoms with Crippen LogP contribution in [-0.2, 0) is 6.54 Å². The lowest BCUT2D eigenvalue weighted by atomic mass is 10.1. The molecule has 1 aliphatic rings. The molecule has 2 rings (SSSR count). The zero-order valence-electron chi connectivity index (χ0n) is 11.8. The molecule has 1 aromatic heterocycles. The van der Waals surface area contributed by atoms with E-state index in [1.807, 2.05) is 24.4 Å². The monoisotopic (exact) mass is 261 g/mol. The molecule has 0 aromatic carbocycles. The first-order valence-corrected chi connectivity index (χ1v) is 6.81. The van der Waals surface area contributed by atoms with Gasteiger partial charge in [-0.15, -0.1) is 0 Å². The first-order valence-electron chi connectivity index (χ1n) is 6.81. The molecule has 1 saturated heterocycles. The van der Waals surface area contributed by atoms with Gasteiger partial charge in [-0.05, 0) is 38.1 Å². The van der Waals surface area contributed by atoms with Gasteiger partial charge >= 0.3 is 0 Å². The van der Waals surface area contributed by atoms with Gasteiger partial charge in [-0.25, -0.2) is 0 Å². The van der Waals surface area contributed by atoms with Gasteiger partial charge in [0.25, 0.3) is 0 Å². The summed E-state index contributed by atoms with van der Waals surface area (Å²) in [6, 6.07) is 5.92. The summed E-state index contributed by atoms with van der Waals surface area (Å²) in [6.07, 6.45) is 3.07. The molecular formula is C14H23N5. The highest BCUT2D eigenvalue weighted by Crippen LogP contribution is 2.12. The normalized spacial score (nSPS) is 20.5. The minimum atomic E-state index is 0.699. The summed E-state index contributed by atoms with van der Waals surface area (Å²) in [4.78, 5) is 10.9. The Morgan fingerprint density at radius 3 is 3.00 bits per heavy atom. The van der Waals surface area contributed by atoms with Gasteiger partial charge in [-0.1, -0.05) is 6.07 Å². The minimum absolute atomic E-state index is 0.699. The van der Waals surface area contributed by atoms with Gasteiger partial charge in [-0.2, -0.15) is 0 Å². The number of pyridine rings is 1. The van der Waals surface area contributed by atoms with E-state index in [0.717, 1.165) is 24.1 Å². The van der Waals surface area contributed by atoms with Crippen molar-refractivity contribution in [3.63, 3.8) is 0 Å². The SMILES string of the molecule is CN=C(NCc1ccccn1)NCC1CCN(C)C1. The van der Waals surface area contributed by atoms with Crippen LogP contribution in [0, 0.1) is 5.92 Å². The summed E-state index contributed by atoms with van der Waals surface area (Å²) in [5.74, 6) is 1.57. The Hall–Kier alpha value is -1.62. The van der Waals surface area contributed by atoms with E-state index in [1.165, 1.54) is 19.5 Å². The Kier molecular flexibility index (Phi) is 5.15. The predicted molar refractivity (Wildman–Crippen MR) is 78.0 cm³/mol. The lowest BCUT2D eigenvalue weighted by molar-refractivity contribution is 0.394. The molecule has 1 aliphatic heterocycles. The predicted octanol–water partition coefficient (Wildman–Crippen LogP) is 0.698. The summed E-state index contributed by atoms with van der Waals surface area (Å²) < 4.78 is 0. The van der Waals surface area contributed by atoms with Gasteiger partial charge in [0, 0.05) is 26.3 Å². The number of aliphatic imine (C=N–C) groups is 1. The van der Waals surface area contributed by atoms with Crippen molar-refractivity contribution >= 4 is 5.96 Å². The first kappa shape index (κ1) is 13.8. The zero-order valence-corrected chi connectivity index (χ0v) is 11.8. The van der Waals surface area contributed by atoms with Crippen LogP contribution in [0.3, 0.4) is 0 Å². The molecule has 1 fully saturated rings. The van der Waals surface area contributed by atoms with Crippen LogP contribution in [0.4, 0.5) is 0 Å². The van der Waals surface area contributed by atoms with E-state index in [9.17, 15) is 0 Å².